The number of alkyl halides is 3. The maximum absolute atomic E-state index is 14.3. The summed E-state index contributed by atoms with van der Waals surface area (Å²) in [6.45, 7) is 0.278. The summed E-state index contributed by atoms with van der Waals surface area (Å²) < 4.78 is 69.1. The summed E-state index contributed by atoms with van der Waals surface area (Å²) in [4.78, 5) is 18.3. The first-order chi connectivity index (χ1) is 20.0. The standard InChI is InChI=1S/C31H36F3N3O4S/c1-36(30(38)29(24-11-4-2-5-12-24)25-13-6-3-7-14-25)28(22-37-17-8-9-18-37)26-15-10-16-27(21-26)35-42(39,40)20-19-41-23-31(32,33)34/h2-7,10-16,21,28-29,35H,8-9,17-20,22-23H2,1H3/t28-/m1/s1. The molecule has 3 aromatic rings. The molecule has 226 valence electrons. The summed E-state index contributed by atoms with van der Waals surface area (Å²) in [5.74, 6) is -1.25. The first-order valence-electron chi connectivity index (χ1n) is 13.9. The van der Waals surface area contributed by atoms with Gasteiger partial charge >= 0.3 is 6.18 Å². The number of halogens is 3. The van der Waals surface area contributed by atoms with Crippen molar-refractivity contribution < 1.29 is 31.1 Å². The molecule has 1 amide bonds. The van der Waals surface area contributed by atoms with Gasteiger partial charge in [0.2, 0.25) is 15.9 Å². The lowest BCUT2D eigenvalue weighted by Crippen LogP contribution is -2.41. The number of nitrogens with zero attached hydrogens (tertiary/aromatic N) is 2. The number of hydrogen-bond donors (Lipinski definition) is 1. The van der Waals surface area contributed by atoms with Crippen molar-refractivity contribution in [2.24, 2.45) is 0 Å². The number of hydrogen-bond acceptors (Lipinski definition) is 5. The Morgan fingerprint density at radius 2 is 1.50 bits per heavy atom. The fraction of sp³-hybridized carbons (Fsp3) is 0.387. The molecule has 0 radical (unpaired) electrons. The zero-order valence-electron chi connectivity index (χ0n) is 23.5. The van der Waals surface area contributed by atoms with Crippen molar-refractivity contribution in [3.63, 3.8) is 0 Å². The van der Waals surface area contributed by atoms with Crippen LogP contribution in [-0.2, 0) is 19.6 Å². The molecule has 3 aromatic carbocycles. The Bertz CT molecular complexity index is 1360. The molecule has 0 bridgehead atoms. The van der Waals surface area contributed by atoms with Crippen molar-refractivity contribution in [1.82, 2.24) is 9.80 Å². The van der Waals surface area contributed by atoms with Gasteiger partial charge in [-0.15, -0.1) is 0 Å². The van der Waals surface area contributed by atoms with E-state index in [1.165, 1.54) is 0 Å². The summed E-state index contributed by atoms with van der Waals surface area (Å²) in [6.07, 6.45) is -2.39. The number of benzene rings is 3. The second-order valence-electron chi connectivity index (χ2n) is 10.4. The van der Waals surface area contributed by atoms with Gasteiger partial charge in [-0.2, -0.15) is 13.2 Å². The Labute approximate surface area is 245 Å². The quantitative estimate of drug-likeness (QED) is 0.264. The number of sulfonamides is 1. The van der Waals surface area contributed by atoms with Crippen LogP contribution in [0.3, 0.4) is 0 Å². The fourth-order valence-corrected chi connectivity index (χ4v) is 6.11. The summed E-state index contributed by atoms with van der Waals surface area (Å²) >= 11 is 0. The molecular weight excluding hydrogens is 567 g/mol. The smallest absolute Gasteiger partial charge is 0.371 e. The maximum atomic E-state index is 14.3. The number of ether oxygens (including phenoxy) is 1. The highest BCUT2D eigenvalue weighted by Crippen LogP contribution is 2.32. The predicted octanol–water partition coefficient (Wildman–Crippen LogP) is 5.43. The molecule has 1 atom stereocenters. The molecule has 1 saturated heterocycles. The molecule has 11 heteroatoms. The van der Waals surface area contributed by atoms with Crippen LogP contribution in [-0.4, -0.2) is 75.9 Å². The molecular formula is C31H36F3N3O4S. The van der Waals surface area contributed by atoms with Crippen LogP contribution in [0.25, 0.3) is 0 Å². The third-order valence-corrected chi connectivity index (χ3v) is 8.52. The average Bonchev–Trinajstić information content (AvgIpc) is 3.48. The number of nitrogens with one attached hydrogen (secondary N) is 1. The van der Waals surface area contributed by atoms with Crippen molar-refractivity contribution in [2.75, 3.05) is 50.4 Å². The molecule has 4 rings (SSSR count). The Morgan fingerprint density at radius 1 is 0.929 bits per heavy atom. The van der Waals surface area contributed by atoms with Crippen LogP contribution in [0.15, 0.2) is 84.9 Å². The van der Waals surface area contributed by atoms with E-state index >= 15 is 0 Å². The number of likely N-dealkylation sites (tertiary alicyclic amines) is 1. The van der Waals surface area contributed by atoms with Gasteiger partial charge in [-0.3, -0.25) is 9.52 Å². The lowest BCUT2D eigenvalue weighted by atomic mass is 9.89. The molecule has 0 spiro atoms. The lowest BCUT2D eigenvalue weighted by molar-refractivity contribution is -0.172. The van der Waals surface area contributed by atoms with Crippen LogP contribution in [0.5, 0.6) is 0 Å². The van der Waals surface area contributed by atoms with Crippen molar-refractivity contribution in [3.8, 4) is 0 Å². The predicted molar refractivity (Wildman–Crippen MR) is 157 cm³/mol. The van der Waals surface area contributed by atoms with Gasteiger partial charge in [-0.1, -0.05) is 72.8 Å². The maximum Gasteiger partial charge on any atom is 0.411 e. The number of likely N-dealkylation sites (N-methyl/N-ethyl adjacent to an activating group) is 1. The molecule has 0 aliphatic carbocycles. The molecule has 0 unspecified atom stereocenters. The van der Waals surface area contributed by atoms with E-state index in [0.29, 0.717) is 6.54 Å². The largest absolute Gasteiger partial charge is 0.411 e. The van der Waals surface area contributed by atoms with Gasteiger partial charge in [0.05, 0.1) is 24.3 Å². The average molecular weight is 604 g/mol. The lowest BCUT2D eigenvalue weighted by Gasteiger charge is -2.34. The second kappa shape index (κ2) is 14.2. The van der Waals surface area contributed by atoms with E-state index in [-0.39, 0.29) is 17.6 Å². The van der Waals surface area contributed by atoms with Crippen LogP contribution in [0.2, 0.25) is 0 Å². The zero-order valence-corrected chi connectivity index (χ0v) is 24.3. The summed E-state index contributed by atoms with van der Waals surface area (Å²) in [6, 6.07) is 25.6. The van der Waals surface area contributed by atoms with E-state index in [1.54, 1.807) is 30.1 Å². The van der Waals surface area contributed by atoms with Gasteiger partial charge < -0.3 is 14.5 Å². The molecule has 1 heterocycles. The highest BCUT2D eigenvalue weighted by atomic mass is 32.2. The topological polar surface area (TPSA) is 79.0 Å². The zero-order chi connectivity index (χ0) is 30.2. The number of carbonyl (C=O) groups is 1. The van der Waals surface area contributed by atoms with E-state index < -0.39 is 41.1 Å². The first-order valence-corrected chi connectivity index (χ1v) is 15.5. The molecule has 0 saturated carbocycles. The van der Waals surface area contributed by atoms with Crippen LogP contribution >= 0.6 is 0 Å². The second-order valence-corrected chi connectivity index (χ2v) is 12.3. The minimum absolute atomic E-state index is 0.0932. The molecule has 1 N–H and O–H groups in total. The summed E-state index contributed by atoms with van der Waals surface area (Å²) in [5.41, 5.74) is 2.74. The number of rotatable bonds is 13. The molecule has 1 aliphatic heterocycles. The first kappa shape index (κ1) is 31.5. The van der Waals surface area contributed by atoms with Gasteiger partial charge in [0, 0.05) is 19.3 Å². The van der Waals surface area contributed by atoms with Gasteiger partial charge in [0.15, 0.2) is 0 Å². The Morgan fingerprint density at radius 3 is 2.07 bits per heavy atom. The molecule has 7 nitrogen and oxygen atoms in total. The SMILES string of the molecule is CN(C(=O)C(c1ccccc1)c1ccccc1)[C@H](CN1CCCC1)c1cccc(NS(=O)(=O)CCOCC(F)(F)F)c1. The van der Waals surface area contributed by atoms with E-state index in [2.05, 4.69) is 14.4 Å². The third kappa shape index (κ3) is 9.04. The van der Waals surface area contributed by atoms with E-state index in [4.69, 9.17) is 0 Å². The van der Waals surface area contributed by atoms with Crippen LogP contribution in [0.1, 0.15) is 41.5 Å². The number of carbonyl (C=O) groups excluding carboxylic acids is 1. The van der Waals surface area contributed by atoms with Gasteiger partial charge in [0.25, 0.3) is 0 Å². The van der Waals surface area contributed by atoms with Crippen molar-refractivity contribution in [1.29, 1.82) is 0 Å². The highest BCUT2D eigenvalue weighted by Gasteiger charge is 2.32. The highest BCUT2D eigenvalue weighted by molar-refractivity contribution is 7.92. The minimum Gasteiger partial charge on any atom is -0.371 e. The van der Waals surface area contributed by atoms with Crippen molar-refractivity contribution in [2.45, 2.75) is 31.0 Å². The molecule has 0 aromatic heterocycles. The molecule has 1 aliphatic rings. The van der Waals surface area contributed by atoms with E-state index in [0.717, 1.165) is 42.6 Å². The van der Waals surface area contributed by atoms with Gasteiger partial charge in [-0.25, -0.2) is 8.42 Å². The molecule has 1 fully saturated rings. The van der Waals surface area contributed by atoms with Crippen LogP contribution < -0.4 is 4.72 Å². The Balaban J connectivity index is 1.58. The van der Waals surface area contributed by atoms with Gasteiger partial charge in [0.1, 0.15) is 6.61 Å². The van der Waals surface area contributed by atoms with Crippen LogP contribution in [0, 0.1) is 0 Å². The molecule has 42 heavy (non-hydrogen) atoms. The Kier molecular flexibility index (Phi) is 10.6. The normalized spacial score (nSPS) is 15.1. The van der Waals surface area contributed by atoms with Gasteiger partial charge in [-0.05, 0) is 54.8 Å². The van der Waals surface area contributed by atoms with E-state index in [1.807, 2.05) is 66.7 Å². The van der Waals surface area contributed by atoms with E-state index in [9.17, 15) is 26.4 Å². The number of amides is 1. The Hall–Kier alpha value is -3.41. The monoisotopic (exact) mass is 603 g/mol. The fourth-order valence-electron chi connectivity index (χ4n) is 5.18. The van der Waals surface area contributed by atoms with Crippen LogP contribution in [0.4, 0.5) is 18.9 Å². The van der Waals surface area contributed by atoms with Crippen molar-refractivity contribution >= 4 is 21.6 Å². The summed E-state index contributed by atoms with van der Waals surface area (Å²) in [7, 11) is -2.20. The summed E-state index contributed by atoms with van der Waals surface area (Å²) in [5, 5.41) is 0. The van der Waals surface area contributed by atoms with Crippen molar-refractivity contribution in [3.05, 3.63) is 102 Å². The minimum atomic E-state index is -4.53. The number of anilines is 1. The third-order valence-electron chi connectivity index (χ3n) is 7.26.